The van der Waals surface area contributed by atoms with Crippen LogP contribution < -0.4 is 10.6 Å². The number of anilines is 1. The molecule has 0 aliphatic heterocycles. The number of carbonyl (C=O) groups excluding carboxylic acids is 1. The van der Waals surface area contributed by atoms with Gasteiger partial charge in [0.15, 0.2) is 0 Å². The van der Waals surface area contributed by atoms with Gasteiger partial charge < -0.3 is 15.6 Å². The van der Waals surface area contributed by atoms with Crippen LogP contribution in [-0.4, -0.2) is 17.4 Å². The molecule has 0 saturated carbocycles. The summed E-state index contributed by atoms with van der Waals surface area (Å²) in [6.45, 7) is 3.76. The molecule has 2 aromatic rings. The molecule has 0 aliphatic carbocycles. The third kappa shape index (κ3) is 4.60. The Bertz CT molecular complexity index is 864. The number of aromatic amines is 1. The first kappa shape index (κ1) is 19.9. The van der Waals surface area contributed by atoms with Gasteiger partial charge in [0.1, 0.15) is 16.3 Å². The lowest BCUT2D eigenvalue weighted by Gasteiger charge is -2.18. The number of rotatable bonds is 5. The highest BCUT2D eigenvalue weighted by molar-refractivity contribution is 7.71. The monoisotopic (exact) mass is 387 g/mol. The van der Waals surface area contributed by atoms with Crippen molar-refractivity contribution in [3.8, 4) is 0 Å². The van der Waals surface area contributed by atoms with Gasteiger partial charge in [-0.05, 0) is 44.2 Å². The molecule has 2 rings (SSSR count). The fourth-order valence-corrected chi connectivity index (χ4v) is 2.55. The van der Waals surface area contributed by atoms with Crippen LogP contribution in [0.1, 0.15) is 41.4 Å². The van der Waals surface area contributed by atoms with Gasteiger partial charge in [0.05, 0.1) is 17.2 Å². The second-order valence-electron chi connectivity index (χ2n) is 5.57. The molecule has 1 amide bonds. The minimum absolute atomic E-state index is 0.222. The number of pyridine rings is 1. The molecule has 0 spiro atoms. The molecule has 140 valence electrons. The normalized spacial score (nSPS) is 12.5. The smallest absolute Gasteiger partial charge is 0.371 e. The summed E-state index contributed by atoms with van der Waals surface area (Å²) in [6, 6.07) is 4.13. The molecule has 0 bridgehead atoms. The fourth-order valence-electron chi connectivity index (χ4n) is 2.38. The van der Waals surface area contributed by atoms with Crippen molar-refractivity contribution in [3.63, 3.8) is 0 Å². The number of alkyl halides is 3. The molecule has 3 N–H and O–H groups in total. The second-order valence-corrected chi connectivity index (χ2v) is 6.01. The van der Waals surface area contributed by atoms with Crippen molar-refractivity contribution in [3.05, 3.63) is 57.5 Å². The standard InChI is InChI=1S/C17H17F4N3OS/c1-3-22-15-11(5-7-14(26)24-15)16(25)23-9(2)12-8-10(17(19,20)21)4-6-13(12)18/h4-9H,3H2,1-2H3,(H,23,25)(H2,22,24,26). The Morgan fingerprint density at radius 2 is 1.96 bits per heavy atom. The van der Waals surface area contributed by atoms with E-state index < -0.39 is 29.5 Å². The minimum Gasteiger partial charge on any atom is -0.371 e. The van der Waals surface area contributed by atoms with E-state index in [1.54, 1.807) is 0 Å². The van der Waals surface area contributed by atoms with E-state index in [1.165, 1.54) is 19.1 Å². The zero-order valence-corrected chi connectivity index (χ0v) is 14.8. The number of carbonyl (C=O) groups is 1. The highest BCUT2D eigenvalue weighted by Gasteiger charge is 2.31. The topological polar surface area (TPSA) is 56.9 Å². The Kier molecular flexibility index (Phi) is 6.01. The molecule has 0 radical (unpaired) electrons. The van der Waals surface area contributed by atoms with Crippen molar-refractivity contribution < 1.29 is 22.4 Å². The van der Waals surface area contributed by atoms with Crippen LogP contribution in [0.25, 0.3) is 0 Å². The molecule has 4 nitrogen and oxygen atoms in total. The lowest BCUT2D eigenvalue weighted by atomic mass is 10.0. The van der Waals surface area contributed by atoms with E-state index in [2.05, 4.69) is 15.6 Å². The first-order chi connectivity index (χ1) is 12.1. The van der Waals surface area contributed by atoms with E-state index in [0.717, 1.165) is 6.07 Å². The maximum atomic E-state index is 14.0. The van der Waals surface area contributed by atoms with Gasteiger partial charge in [-0.3, -0.25) is 4.79 Å². The molecule has 1 unspecified atom stereocenters. The van der Waals surface area contributed by atoms with Crippen LogP contribution in [0, 0.1) is 10.5 Å². The van der Waals surface area contributed by atoms with Gasteiger partial charge in [0.25, 0.3) is 5.91 Å². The summed E-state index contributed by atoms with van der Waals surface area (Å²) in [5, 5.41) is 5.46. The van der Waals surface area contributed by atoms with Gasteiger partial charge in [-0.15, -0.1) is 0 Å². The van der Waals surface area contributed by atoms with Crippen LogP contribution >= 0.6 is 12.2 Å². The van der Waals surface area contributed by atoms with Crippen LogP contribution in [-0.2, 0) is 6.18 Å². The number of nitrogens with one attached hydrogen (secondary N) is 3. The first-order valence-electron chi connectivity index (χ1n) is 7.78. The molecule has 1 aromatic carbocycles. The van der Waals surface area contributed by atoms with Crippen molar-refractivity contribution >= 4 is 23.9 Å². The van der Waals surface area contributed by atoms with Crippen LogP contribution in [0.15, 0.2) is 30.3 Å². The predicted octanol–water partition coefficient (Wildman–Crippen LogP) is 4.82. The van der Waals surface area contributed by atoms with Crippen molar-refractivity contribution in [1.29, 1.82) is 0 Å². The van der Waals surface area contributed by atoms with E-state index in [9.17, 15) is 22.4 Å². The highest BCUT2D eigenvalue weighted by atomic mass is 32.1. The van der Waals surface area contributed by atoms with Gasteiger partial charge in [-0.2, -0.15) is 13.2 Å². The Balaban J connectivity index is 2.29. The Hall–Kier alpha value is -2.42. The Morgan fingerprint density at radius 1 is 1.27 bits per heavy atom. The summed E-state index contributed by atoms with van der Waals surface area (Å²) >= 11 is 5.01. The van der Waals surface area contributed by atoms with Gasteiger partial charge >= 0.3 is 6.18 Å². The number of hydrogen-bond donors (Lipinski definition) is 3. The lowest BCUT2D eigenvalue weighted by molar-refractivity contribution is -0.137. The summed E-state index contributed by atoms with van der Waals surface area (Å²) in [7, 11) is 0. The molecule has 1 heterocycles. The summed E-state index contributed by atoms with van der Waals surface area (Å²) < 4.78 is 52.9. The number of aromatic nitrogens is 1. The summed E-state index contributed by atoms with van der Waals surface area (Å²) in [4.78, 5) is 15.3. The minimum atomic E-state index is -4.60. The number of hydrogen-bond acceptors (Lipinski definition) is 3. The molecule has 26 heavy (non-hydrogen) atoms. The van der Waals surface area contributed by atoms with Crippen molar-refractivity contribution in [2.75, 3.05) is 11.9 Å². The Labute approximate surface area is 152 Å². The SMILES string of the molecule is CCNc1[nH]c(=S)ccc1C(=O)NC(C)c1cc(C(F)(F)F)ccc1F. The number of benzene rings is 1. The molecule has 0 aliphatic rings. The average Bonchev–Trinajstić information content (AvgIpc) is 2.54. The predicted molar refractivity (Wildman–Crippen MR) is 93.1 cm³/mol. The highest BCUT2D eigenvalue weighted by Crippen LogP contribution is 2.32. The Morgan fingerprint density at radius 3 is 2.58 bits per heavy atom. The fraction of sp³-hybridized carbons (Fsp3) is 0.294. The van der Waals surface area contributed by atoms with Gasteiger partial charge in [0.2, 0.25) is 0 Å². The van der Waals surface area contributed by atoms with Crippen LogP contribution in [0.5, 0.6) is 0 Å². The quantitative estimate of drug-likeness (QED) is 0.509. The maximum absolute atomic E-state index is 14.0. The maximum Gasteiger partial charge on any atom is 0.416 e. The first-order valence-corrected chi connectivity index (χ1v) is 8.19. The second kappa shape index (κ2) is 7.86. The third-order valence-electron chi connectivity index (χ3n) is 3.65. The van der Waals surface area contributed by atoms with Gasteiger partial charge in [0, 0.05) is 12.1 Å². The summed E-state index contributed by atoms with van der Waals surface area (Å²) in [6.07, 6.45) is -4.60. The summed E-state index contributed by atoms with van der Waals surface area (Å²) in [5.41, 5.74) is -1.01. The number of amides is 1. The molecule has 1 aromatic heterocycles. The third-order valence-corrected chi connectivity index (χ3v) is 3.89. The largest absolute Gasteiger partial charge is 0.416 e. The van der Waals surface area contributed by atoms with Crippen molar-refractivity contribution in [1.82, 2.24) is 10.3 Å². The number of halogens is 4. The number of H-pyrrole nitrogens is 1. The van der Waals surface area contributed by atoms with E-state index in [4.69, 9.17) is 12.2 Å². The molecule has 0 fully saturated rings. The zero-order chi connectivity index (χ0) is 19.5. The van der Waals surface area contributed by atoms with Gasteiger partial charge in [-0.1, -0.05) is 12.2 Å². The van der Waals surface area contributed by atoms with E-state index in [0.29, 0.717) is 29.1 Å². The van der Waals surface area contributed by atoms with E-state index in [1.807, 2.05) is 6.92 Å². The van der Waals surface area contributed by atoms with Crippen LogP contribution in [0.2, 0.25) is 0 Å². The molecule has 9 heteroatoms. The van der Waals surface area contributed by atoms with Crippen molar-refractivity contribution in [2.24, 2.45) is 0 Å². The van der Waals surface area contributed by atoms with Gasteiger partial charge in [-0.25, -0.2) is 4.39 Å². The zero-order valence-electron chi connectivity index (χ0n) is 14.0. The summed E-state index contributed by atoms with van der Waals surface area (Å²) in [5.74, 6) is -1.02. The van der Waals surface area contributed by atoms with E-state index >= 15 is 0 Å². The lowest BCUT2D eigenvalue weighted by Crippen LogP contribution is -2.28. The van der Waals surface area contributed by atoms with Crippen molar-refractivity contribution in [2.45, 2.75) is 26.1 Å². The molecule has 1 atom stereocenters. The molecular formula is C17H17F4N3OS. The average molecular weight is 387 g/mol. The van der Waals surface area contributed by atoms with E-state index in [-0.39, 0.29) is 11.1 Å². The van der Waals surface area contributed by atoms with Crippen LogP contribution in [0.4, 0.5) is 23.4 Å². The molecule has 0 saturated heterocycles. The van der Waals surface area contributed by atoms with Crippen LogP contribution in [0.3, 0.4) is 0 Å². The molecular weight excluding hydrogens is 370 g/mol.